The highest BCUT2D eigenvalue weighted by Crippen LogP contribution is 2.47. The molecule has 0 bridgehead atoms. The van der Waals surface area contributed by atoms with Gasteiger partial charge in [0.15, 0.2) is 0 Å². The standard InChI is InChI=1S/C60H46N2O2S.C12H9N/c1-4-13-56-38(3)49-34-41(24-29-57(49)64-56)39-15-11-18-45(32-39)62-53-22-8-6-20-48(53)59-54(62)27-26-47-51-36-42(25-30-58(51)65-60(47)59)40-23-28-55(63)50(35-40)43-16-12-17-44(33-43)61-31-10-9-14-37(2)46-19-5-7-21-52(46)61;1-3-7-11-9(5-1)10-6-2-4-8-12(10)13-11/h4,6-18,20-24,26-29,31-36,63H,2,5,19,25,30H2,1,3H3;1-8,13H/b13-4-,14-9-,31-10-;. The van der Waals surface area contributed by atoms with E-state index in [2.05, 4.69) is 234 Å². The van der Waals surface area contributed by atoms with Gasteiger partial charge in [0.25, 0.3) is 0 Å². The molecular weight excluding hydrogens is 971 g/mol. The van der Waals surface area contributed by atoms with E-state index in [9.17, 15) is 5.11 Å². The average molecular weight is 1030 g/mol. The van der Waals surface area contributed by atoms with Gasteiger partial charge in [-0.2, -0.15) is 0 Å². The van der Waals surface area contributed by atoms with Crippen LogP contribution < -0.4 is 4.90 Å². The van der Waals surface area contributed by atoms with Gasteiger partial charge in [-0.3, -0.25) is 0 Å². The summed E-state index contributed by atoms with van der Waals surface area (Å²) in [6.07, 6.45) is 23.1. The maximum Gasteiger partial charge on any atom is 0.135 e. The molecule has 5 nitrogen and oxygen atoms in total. The summed E-state index contributed by atoms with van der Waals surface area (Å²) in [7, 11) is 0. The largest absolute Gasteiger partial charge is 0.507 e. The number of furan rings is 1. The molecule has 0 fully saturated rings. The van der Waals surface area contributed by atoms with Crippen molar-refractivity contribution in [2.24, 2.45) is 0 Å². The lowest BCUT2D eigenvalue weighted by atomic mass is 9.90. The molecule has 0 radical (unpaired) electrons. The number of rotatable bonds is 6. The maximum absolute atomic E-state index is 11.4. The molecule has 1 aliphatic heterocycles. The minimum Gasteiger partial charge on any atom is -0.507 e. The Labute approximate surface area is 457 Å². The van der Waals surface area contributed by atoms with Gasteiger partial charge in [0.1, 0.15) is 17.1 Å². The van der Waals surface area contributed by atoms with Gasteiger partial charge in [0.2, 0.25) is 0 Å². The van der Waals surface area contributed by atoms with Crippen LogP contribution in [0.4, 0.5) is 5.69 Å². The van der Waals surface area contributed by atoms with Gasteiger partial charge in [-0.1, -0.05) is 128 Å². The molecule has 8 aromatic carbocycles. The number of thiophene rings is 1. The summed E-state index contributed by atoms with van der Waals surface area (Å²) < 4.78 is 9.93. The van der Waals surface area contributed by atoms with Crippen molar-refractivity contribution in [1.82, 2.24) is 9.55 Å². The molecule has 6 heteroatoms. The first-order valence-corrected chi connectivity index (χ1v) is 27.8. The monoisotopic (exact) mass is 1030 g/mol. The molecule has 0 atom stereocenters. The number of anilines is 1. The molecule has 0 saturated heterocycles. The maximum atomic E-state index is 11.4. The number of nitrogens with one attached hydrogen (secondary N) is 1. The molecule has 2 aliphatic carbocycles. The third kappa shape index (κ3) is 8.07. The summed E-state index contributed by atoms with van der Waals surface area (Å²) in [4.78, 5) is 7.05. The minimum atomic E-state index is 0.276. The first-order chi connectivity index (χ1) is 38.4. The number of hydrogen-bond acceptors (Lipinski definition) is 4. The summed E-state index contributed by atoms with van der Waals surface area (Å²) in [6.45, 7) is 8.52. The van der Waals surface area contributed by atoms with E-state index in [4.69, 9.17) is 4.42 Å². The van der Waals surface area contributed by atoms with Crippen molar-refractivity contribution in [2.75, 3.05) is 4.90 Å². The Morgan fingerprint density at radius 3 is 2.22 bits per heavy atom. The van der Waals surface area contributed by atoms with Crippen molar-refractivity contribution in [3.63, 3.8) is 0 Å². The molecule has 12 aromatic rings. The van der Waals surface area contributed by atoms with E-state index in [0.717, 1.165) is 87.3 Å². The molecule has 2 N–H and O–H groups in total. The van der Waals surface area contributed by atoms with Crippen molar-refractivity contribution in [3.8, 4) is 33.7 Å². The van der Waals surface area contributed by atoms with E-state index in [1.54, 1.807) is 0 Å². The Kier molecular flexibility index (Phi) is 11.7. The van der Waals surface area contributed by atoms with Crippen LogP contribution in [0.25, 0.3) is 110 Å². The highest BCUT2D eigenvalue weighted by molar-refractivity contribution is 7.20. The third-order valence-corrected chi connectivity index (χ3v) is 17.2. The molecule has 4 aromatic heterocycles. The molecule has 0 unspecified atom stereocenters. The number of phenolic OH excluding ortho intramolecular Hbond substituents is 1. The van der Waals surface area contributed by atoms with Crippen molar-refractivity contribution in [2.45, 2.75) is 39.5 Å². The number of benzene rings is 8. The van der Waals surface area contributed by atoms with Gasteiger partial charge in [0.05, 0.1) is 11.0 Å². The number of hydrogen-bond donors (Lipinski definition) is 2. The highest BCUT2D eigenvalue weighted by atomic mass is 32.1. The molecule has 15 rings (SSSR count). The van der Waals surface area contributed by atoms with Crippen molar-refractivity contribution in [3.05, 3.63) is 263 Å². The van der Waals surface area contributed by atoms with Crippen LogP contribution in [0.15, 0.2) is 240 Å². The average Bonchev–Trinajstić information content (AvgIpc) is 4.43. The zero-order valence-electron chi connectivity index (χ0n) is 43.6. The van der Waals surface area contributed by atoms with E-state index in [-0.39, 0.29) is 5.75 Å². The first kappa shape index (κ1) is 47.1. The lowest BCUT2D eigenvalue weighted by molar-refractivity contribution is 0.477. The van der Waals surface area contributed by atoms with E-state index in [1.165, 1.54) is 86.4 Å². The summed E-state index contributed by atoms with van der Waals surface area (Å²) in [5, 5.41) is 19.0. The molecular formula is C72H55N3O2S. The molecule has 3 aliphatic rings. The fourth-order valence-corrected chi connectivity index (χ4v) is 13.4. The normalized spacial score (nSPS) is 15.3. The Bertz CT molecular complexity index is 4580. The number of phenols is 1. The second-order valence-corrected chi connectivity index (χ2v) is 21.7. The Balaban J connectivity index is 0.000000369. The SMILES string of the molecule is C=C1/C=C\C=C/N(c2cccc(-c3cc(C4=Cc5c(sc6c5ccc5c6c6ccccc6n5-c5cccc(-c6ccc7oc(/C=C\C)c(C)c7c6)c5)CC4)ccc3O)c2)C2=C1CCC=C2.c1ccc2c(c1)[nH]c1ccccc12. The Hall–Kier alpha value is -9.36. The highest BCUT2D eigenvalue weighted by Gasteiger charge is 2.24. The predicted molar refractivity (Wildman–Crippen MR) is 332 cm³/mol. The van der Waals surface area contributed by atoms with Gasteiger partial charge < -0.3 is 24.0 Å². The number of aromatic hydroxyl groups is 1. The van der Waals surface area contributed by atoms with Crippen LogP contribution in [0.2, 0.25) is 0 Å². The predicted octanol–water partition coefficient (Wildman–Crippen LogP) is 20.0. The molecule has 0 saturated carbocycles. The number of fused-ring (bicyclic) bond motifs is 11. The lowest BCUT2D eigenvalue weighted by Gasteiger charge is -2.28. The fraction of sp³-hybridized carbons (Fsp3) is 0.0833. The number of nitrogens with zero attached hydrogens (tertiary/aromatic N) is 2. The van der Waals surface area contributed by atoms with E-state index >= 15 is 0 Å². The second kappa shape index (κ2) is 19.3. The number of para-hydroxylation sites is 3. The van der Waals surface area contributed by atoms with Crippen LogP contribution in [0, 0.1) is 6.92 Å². The van der Waals surface area contributed by atoms with Crippen molar-refractivity contribution in [1.29, 1.82) is 0 Å². The molecule has 0 spiro atoms. The minimum absolute atomic E-state index is 0.276. The van der Waals surface area contributed by atoms with E-state index in [0.29, 0.717) is 0 Å². The van der Waals surface area contributed by atoms with Crippen LogP contribution in [0.1, 0.15) is 53.5 Å². The Morgan fingerprint density at radius 2 is 1.38 bits per heavy atom. The molecule has 0 amide bonds. The van der Waals surface area contributed by atoms with Gasteiger partial charge in [-0.05, 0) is 181 Å². The summed E-state index contributed by atoms with van der Waals surface area (Å²) in [5.41, 5.74) is 20.4. The molecule has 376 valence electrons. The van der Waals surface area contributed by atoms with Crippen LogP contribution in [0.3, 0.4) is 0 Å². The van der Waals surface area contributed by atoms with Crippen molar-refractivity contribution < 1.29 is 9.52 Å². The molecule has 78 heavy (non-hydrogen) atoms. The van der Waals surface area contributed by atoms with Crippen LogP contribution >= 0.6 is 11.3 Å². The zero-order chi connectivity index (χ0) is 52.4. The smallest absolute Gasteiger partial charge is 0.135 e. The van der Waals surface area contributed by atoms with Gasteiger partial charge >= 0.3 is 0 Å². The number of H-pyrrole nitrogens is 1. The summed E-state index contributed by atoms with van der Waals surface area (Å²) in [5.74, 6) is 1.19. The summed E-state index contributed by atoms with van der Waals surface area (Å²) in [6, 6.07) is 60.3. The second-order valence-electron chi connectivity index (χ2n) is 20.5. The van der Waals surface area contributed by atoms with Crippen LogP contribution in [-0.4, -0.2) is 14.7 Å². The fourth-order valence-electron chi connectivity index (χ4n) is 12.1. The van der Waals surface area contributed by atoms with Crippen LogP contribution in [0.5, 0.6) is 5.75 Å². The third-order valence-electron chi connectivity index (χ3n) is 15.9. The van der Waals surface area contributed by atoms with Gasteiger partial charge in [-0.15, -0.1) is 11.3 Å². The van der Waals surface area contributed by atoms with E-state index in [1.807, 2.05) is 36.5 Å². The topological polar surface area (TPSA) is 57.3 Å². The summed E-state index contributed by atoms with van der Waals surface area (Å²) >= 11 is 1.95. The van der Waals surface area contributed by atoms with Crippen molar-refractivity contribution >= 4 is 99.4 Å². The number of allylic oxidation sites excluding steroid dienone is 9. The lowest BCUT2D eigenvalue weighted by Crippen LogP contribution is -2.18. The quantitative estimate of drug-likeness (QED) is 0.174. The van der Waals surface area contributed by atoms with Gasteiger partial charge in [0, 0.05) is 87.3 Å². The molecule has 5 heterocycles. The van der Waals surface area contributed by atoms with E-state index < -0.39 is 0 Å². The number of aromatic amines is 1. The number of aromatic nitrogens is 2. The van der Waals surface area contributed by atoms with Crippen LogP contribution in [-0.2, 0) is 6.42 Å². The Morgan fingerprint density at radius 1 is 0.641 bits per heavy atom. The number of aryl methyl sites for hydroxylation is 2. The first-order valence-electron chi connectivity index (χ1n) is 26.9. The van der Waals surface area contributed by atoms with Gasteiger partial charge in [-0.25, -0.2) is 0 Å². The zero-order valence-corrected chi connectivity index (χ0v) is 44.4.